The Hall–Kier alpha value is -0.0800. The second-order valence-electron chi connectivity index (χ2n) is 2.34. The van der Waals surface area contributed by atoms with Gasteiger partial charge in [0.25, 0.3) is 0 Å². The fourth-order valence-corrected chi connectivity index (χ4v) is 0.690. The van der Waals surface area contributed by atoms with Crippen molar-refractivity contribution in [2.75, 3.05) is 0 Å². The molecule has 0 aliphatic rings. The fraction of sp³-hybridized carbons (Fsp3) is 1.00. The van der Waals surface area contributed by atoms with Gasteiger partial charge in [0.15, 0.2) is 0 Å². The number of rotatable bonds is 4. The van der Waals surface area contributed by atoms with Gasteiger partial charge in [-0.3, -0.25) is 0 Å². The van der Waals surface area contributed by atoms with Crippen molar-refractivity contribution >= 4 is 0 Å². The van der Waals surface area contributed by atoms with Crippen LogP contribution in [0.4, 0.5) is 0 Å². The van der Waals surface area contributed by atoms with Crippen molar-refractivity contribution in [3.05, 3.63) is 0 Å². The third-order valence-corrected chi connectivity index (χ3v) is 1.23. The van der Waals surface area contributed by atoms with Gasteiger partial charge in [-0.2, -0.15) is 0 Å². The molecule has 0 aromatic rings. The lowest BCUT2D eigenvalue weighted by Crippen LogP contribution is -1.97. The first-order valence-corrected chi connectivity index (χ1v) is 3.45. The van der Waals surface area contributed by atoms with Crippen LogP contribution in [-0.4, -0.2) is 11.2 Å². The highest BCUT2D eigenvalue weighted by atomic mass is 16.3. The molecule has 0 spiro atoms. The Morgan fingerprint density at radius 3 is 2.22 bits per heavy atom. The number of unbranched alkanes of at least 4 members (excludes halogenated alkanes) is 2. The Balaban J connectivity index is 0. The molecule has 2 heteroatoms. The summed E-state index contributed by atoms with van der Waals surface area (Å²) in [6.45, 7) is 4.01. The van der Waals surface area contributed by atoms with Crippen LogP contribution in [0.1, 0.15) is 39.5 Å². The summed E-state index contributed by atoms with van der Waals surface area (Å²) in [5, 5.41) is 8.78. The Kier molecular flexibility index (Phi) is 10.3. The highest BCUT2D eigenvalue weighted by Gasteiger charge is 1.92. The van der Waals surface area contributed by atoms with E-state index in [1.165, 1.54) is 19.3 Å². The molecular formula is C7H19NO. The molecule has 0 saturated carbocycles. The molecule has 0 rings (SSSR count). The Morgan fingerprint density at radius 1 is 1.33 bits per heavy atom. The third-order valence-electron chi connectivity index (χ3n) is 1.23. The van der Waals surface area contributed by atoms with Crippen molar-refractivity contribution < 1.29 is 5.11 Å². The summed E-state index contributed by atoms with van der Waals surface area (Å²) in [6, 6.07) is 0. The Bertz CT molecular complexity index is 46.2. The first-order valence-electron chi connectivity index (χ1n) is 3.45. The van der Waals surface area contributed by atoms with E-state index in [2.05, 4.69) is 6.92 Å². The summed E-state index contributed by atoms with van der Waals surface area (Å²) in [7, 11) is 0. The third kappa shape index (κ3) is 11.5. The minimum absolute atomic E-state index is 0. The van der Waals surface area contributed by atoms with Gasteiger partial charge < -0.3 is 11.3 Å². The van der Waals surface area contributed by atoms with Crippen LogP contribution in [0, 0.1) is 0 Å². The van der Waals surface area contributed by atoms with Gasteiger partial charge in [0.05, 0.1) is 6.10 Å². The number of hydrogen-bond donors (Lipinski definition) is 2. The molecule has 0 aromatic heterocycles. The van der Waals surface area contributed by atoms with Gasteiger partial charge in [-0.15, -0.1) is 0 Å². The molecule has 0 aromatic carbocycles. The zero-order valence-corrected chi connectivity index (χ0v) is 6.56. The summed E-state index contributed by atoms with van der Waals surface area (Å²) in [5.41, 5.74) is 0. The van der Waals surface area contributed by atoms with Crippen LogP contribution in [0.25, 0.3) is 0 Å². The molecule has 1 unspecified atom stereocenters. The normalized spacial score (nSPS) is 12.3. The van der Waals surface area contributed by atoms with Gasteiger partial charge in [0, 0.05) is 0 Å². The van der Waals surface area contributed by atoms with Gasteiger partial charge in [0.2, 0.25) is 0 Å². The summed E-state index contributed by atoms with van der Waals surface area (Å²) in [5.74, 6) is 0. The number of hydrogen-bond acceptors (Lipinski definition) is 2. The van der Waals surface area contributed by atoms with Crippen LogP contribution in [0.3, 0.4) is 0 Å². The predicted octanol–water partition coefficient (Wildman–Crippen LogP) is 2.11. The minimum Gasteiger partial charge on any atom is -0.393 e. The lowest BCUT2D eigenvalue weighted by atomic mass is 10.1. The van der Waals surface area contributed by atoms with Gasteiger partial charge in [-0.25, -0.2) is 0 Å². The molecule has 58 valence electrons. The maximum Gasteiger partial charge on any atom is 0.0512 e. The van der Waals surface area contributed by atoms with Crippen LogP contribution in [0.5, 0.6) is 0 Å². The highest BCUT2D eigenvalue weighted by Crippen LogP contribution is 2.01. The molecule has 4 N–H and O–H groups in total. The van der Waals surface area contributed by atoms with Crippen molar-refractivity contribution in [2.45, 2.75) is 45.6 Å². The Morgan fingerprint density at radius 2 is 1.89 bits per heavy atom. The van der Waals surface area contributed by atoms with E-state index >= 15 is 0 Å². The van der Waals surface area contributed by atoms with Gasteiger partial charge in [-0.1, -0.05) is 26.2 Å². The van der Waals surface area contributed by atoms with Crippen molar-refractivity contribution in [3.63, 3.8) is 0 Å². The van der Waals surface area contributed by atoms with E-state index in [0.717, 1.165) is 6.42 Å². The van der Waals surface area contributed by atoms with Crippen LogP contribution >= 0.6 is 0 Å². The molecule has 0 aliphatic carbocycles. The zero-order valence-electron chi connectivity index (χ0n) is 6.56. The molecule has 2 nitrogen and oxygen atoms in total. The van der Waals surface area contributed by atoms with E-state index in [4.69, 9.17) is 5.11 Å². The minimum atomic E-state index is -0.0958. The summed E-state index contributed by atoms with van der Waals surface area (Å²) >= 11 is 0. The monoisotopic (exact) mass is 133 g/mol. The maximum atomic E-state index is 8.78. The van der Waals surface area contributed by atoms with Crippen LogP contribution in [-0.2, 0) is 0 Å². The van der Waals surface area contributed by atoms with Crippen LogP contribution in [0.15, 0.2) is 0 Å². The van der Waals surface area contributed by atoms with Crippen molar-refractivity contribution in [1.29, 1.82) is 0 Å². The van der Waals surface area contributed by atoms with Gasteiger partial charge in [-0.05, 0) is 13.3 Å². The standard InChI is InChI=1S/C7H16O.H3N/c1-3-4-5-6-7(2)8;/h7-8H,3-6H2,1-2H3;1H3. The molecule has 0 heterocycles. The second kappa shape index (κ2) is 7.92. The average Bonchev–Trinajstić information content (AvgIpc) is 1.66. The summed E-state index contributed by atoms with van der Waals surface area (Å²) in [4.78, 5) is 0. The molecule has 0 radical (unpaired) electrons. The molecule has 0 bridgehead atoms. The molecule has 0 aliphatic heterocycles. The SMILES string of the molecule is CCCCCC(C)O.N. The fourth-order valence-electron chi connectivity index (χ4n) is 0.690. The lowest BCUT2D eigenvalue weighted by molar-refractivity contribution is 0.180. The predicted molar refractivity (Wildman–Crippen MR) is 40.8 cm³/mol. The van der Waals surface area contributed by atoms with Gasteiger partial charge >= 0.3 is 0 Å². The zero-order chi connectivity index (χ0) is 6.41. The average molecular weight is 133 g/mol. The molecule has 0 amide bonds. The van der Waals surface area contributed by atoms with E-state index in [9.17, 15) is 0 Å². The smallest absolute Gasteiger partial charge is 0.0512 e. The molecular weight excluding hydrogens is 114 g/mol. The van der Waals surface area contributed by atoms with Gasteiger partial charge in [0.1, 0.15) is 0 Å². The number of aliphatic hydroxyl groups excluding tert-OH is 1. The summed E-state index contributed by atoms with van der Waals surface area (Å²) < 4.78 is 0. The second-order valence-corrected chi connectivity index (χ2v) is 2.34. The molecule has 1 atom stereocenters. The van der Waals surface area contributed by atoms with Crippen LogP contribution < -0.4 is 6.15 Å². The molecule has 0 saturated heterocycles. The maximum absolute atomic E-state index is 8.78. The largest absolute Gasteiger partial charge is 0.393 e. The lowest BCUT2D eigenvalue weighted by Gasteiger charge is -2.00. The van der Waals surface area contributed by atoms with E-state index in [1.54, 1.807) is 0 Å². The van der Waals surface area contributed by atoms with Crippen molar-refractivity contribution in [2.24, 2.45) is 0 Å². The van der Waals surface area contributed by atoms with E-state index in [0.29, 0.717) is 0 Å². The quantitative estimate of drug-likeness (QED) is 0.577. The van der Waals surface area contributed by atoms with E-state index in [-0.39, 0.29) is 12.3 Å². The summed E-state index contributed by atoms with van der Waals surface area (Å²) in [6.07, 6.45) is 4.54. The van der Waals surface area contributed by atoms with Crippen LogP contribution in [0.2, 0.25) is 0 Å². The number of aliphatic hydroxyl groups is 1. The van der Waals surface area contributed by atoms with Crippen molar-refractivity contribution in [1.82, 2.24) is 6.15 Å². The topological polar surface area (TPSA) is 55.2 Å². The van der Waals surface area contributed by atoms with Crippen molar-refractivity contribution in [3.8, 4) is 0 Å². The Labute approximate surface area is 57.9 Å². The van der Waals surface area contributed by atoms with E-state index in [1.807, 2.05) is 6.92 Å². The first kappa shape index (κ1) is 11.7. The molecule has 9 heavy (non-hydrogen) atoms. The first-order chi connectivity index (χ1) is 3.77. The highest BCUT2D eigenvalue weighted by molar-refractivity contribution is 4.45. The van der Waals surface area contributed by atoms with E-state index < -0.39 is 0 Å². The molecule has 0 fully saturated rings.